The minimum atomic E-state index is 0.121. The van der Waals surface area contributed by atoms with E-state index in [2.05, 4.69) is 15.3 Å². The van der Waals surface area contributed by atoms with Crippen molar-refractivity contribution >= 4 is 16.7 Å². The summed E-state index contributed by atoms with van der Waals surface area (Å²) in [5, 5.41) is 4.29. The van der Waals surface area contributed by atoms with E-state index in [9.17, 15) is 0 Å². The van der Waals surface area contributed by atoms with Crippen molar-refractivity contribution < 1.29 is 18.9 Å². The Kier molecular flexibility index (Phi) is 5.95. The Balaban J connectivity index is 1.58. The van der Waals surface area contributed by atoms with E-state index in [0.29, 0.717) is 18.0 Å². The average molecular weight is 395 g/mol. The molecule has 7 nitrogen and oxygen atoms in total. The molecule has 1 saturated heterocycles. The van der Waals surface area contributed by atoms with Gasteiger partial charge < -0.3 is 24.3 Å². The smallest absolute Gasteiger partial charge is 0.162 e. The van der Waals surface area contributed by atoms with Gasteiger partial charge >= 0.3 is 0 Å². The lowest BCUT2D eigenvalue weighted by atomic mass is 10.1. The number of nitrogens with zero attached hydrogens (tertiary/aromatic N) is 2. The van der Waals surface area contributed by atoms with Gasteiger partial charge in [0.2, 0.25) is 0 Å². The van der Waals surface area contributed by atoms with Crippen LogP contribution >= 0.6 is 0 Å². The van der Waals surface area contributed by atoms with Crippen LogP contribution in [-0.2, 0) is 11.3 Å². The molecule has 0 unspecified atom stereocenters. The van der Waals surface area contributed by atoms with Crippen molar-refractivity contribution in [3.8, 4) is 17.2 Å². The molecule has 1 aliphatic rings. The predicted octanol–water partition coefficient (Wildman–Crippen LogP) is 3.82. The van der Waals surface area contributed by atoms with Gasteiger partial charge in [0.05, 0.1) is 33.0 Å². The topological polar surface area (TPSA) is 74.7 Å². The quantitative estimate of drug-likeness (QED) is 0.652. The number of methoxy groups -OCH3 is 2. The summed E-state index contributed by atoms with van der Waals surface area (Å²) in [6.45, 7) is 2.08. The Morgan fingerprint density at radius 2 is 1.79 bits per heavy atom. The summed E-state index contributed by atoms with van der Waals surface area (Å²) < 4.78 is 22.4. The Bertz CT molecular complexity index is 956. The van der Waals surface area contributed by atoms with Crippen LogP contribution in [0.25, 0.3) is 10.9 Å². The Labute approximate surface area is 170 Å². The molecule has 4 rings (SSSR count). The molecule has 1 aliphatic heterocycles. The molecular formula is C22H25N3O4. The number of nitrogens with one attached hydrogen (secondary N) is 1. The number of rotatable bonds is 7. The minimum Gasteiger partial charge on any atom is -0.497 e. The molecule has 152 valence electrons. The highest BCUT2D eigenvalue weighted by Gasteiger charge is 2.19. The summed E-state index contributed by atoms with van der Waals surface area (Å²) >= 11 is 0. The highest BCUT2D eigenvalue weighted by molar-refractivity contribution is 5.91. The molecule has 0 radical (unpaired) electrons. The maximum absolute atomic E-state index is 6.23. The second-order valence-corrected chi connectivity index (χ2v) is 6.87. The fourth-order valence-electron chi connectivity index (χ4n) is 3.36. The van der Waals surface area contributed by atoms with Gasteiger partial charge in [-0.25, -0.2) is 9.97 Å². The van der Waals surface area contributed by atoms with Crippen LogP contribution in [-0.4, -0.2) is 43.5 Å². The molecule has 1 fully saturated rings. The predicted molar refractivity (Wildman–Crippen MR) is 111 cm³/mol. The zero-order valence-corrected chi connectivity index (χ0v) is 16.7. The first-order chi connectivity index (χ1) is 14.3. The molecular weight excluding hydrogens is 370 g/mol. The van der Waals surface area contributed by atoms with E-state index in [-0.39, 0.29) is 6.10 Å². The molecule has 0 amide bonds. The van der Waals surface area contributed by atoms with Crippen molar-refractivity contribution in [1.29, 1.82) is 0 Å². The monoisotopic (exact) mass is 395 g/mol. The molecule has 7 heteroatoms. The van der Waals surface area contributed by atoms with E-state index in [1.165, 1.54) is 0 Å². The van der Waals surface area contributed by atoms with Crippen LogP contribution in [0.15, 0.2) is 42.7 Å². The van der Waals surface area contributed by atoms with E-state index >= 15 is 0 Å². The Hall–Kier alpha value is -3.06. The number of benzene rings is 2. The van der Waals surface area contributed by atoms with E-state index in [4.69, 9.17) is 18.9 Å². The number of anilines is 1. The summed E-state index contributed by atoms with van der Waals surface area (Å²) in [7, 11) is 3.30. The lowest BCUT2D eigenvalue weighted by molar-refractivity contribution is 0.0246. The van der Waals surface area contributed by atoms with Crippen molar-refractivity contribution in [2.75, 3.05) is 32.8 Å². The molecule has 2 heterocycles. The van der Waals surface area contributed by atoms with Crippen molar-refractivity contribution in [3.05, 3.63) is 48.3 Å². The van der Waals surface area contributed by atoms with E-state index in [1.54, 1.807) is 20.5 Å². The van der Waals surface area contributed by atoms with Crippen LogP contribution in [0.4, 0.5) is 5.82 Å². The fraction of sp³-hybridized carbons (Fsp3) is 0.364. The molecule has 29 heavy (non-hydrogen) atoms. The van der Waals surface area contributed by atoms with Crippen molar-refractivity contribution in [3.63, 3.8) is 0 Å². The van der Waals surface area contributed by atoms with Gasteiger partial charge in [0.15, 0.2) is 11.5 Å². The molecule has 1 N–H and O–H groups in total. The first-order valence-corrected chi connectivity index (χ1v) is 9.71. The van der Waals surface area contributed by atoms with Crippen molar-refractivity contribution in [2.45, 2.75) is 25.5 Å². The van der Waals surface area contributed by atoms with E-state index in [0.717, 1.165) is 54.1 Å². The van der Waals surface area contributed by atoms with Gasteiger partial charge in [-0.3, -0.25) is 0 Å². The van der Waals surface area contributed by atoms with Gasteiger partial charge in [-0.2, -0.15) is 0 Å². The molecule has 0 spiro atoms. The van der Waals surface area contributed by atoms with Gasteiger partial charge in [-0.15, -0.1) is 0 Å². The number of ether oxygens (including phenoxy) is 4. The maximum atomic E-state index is 6.23. The molecule has 0 saturated carbocycles. The van der Waals surface area contributed by atoms with Gasteiger partial charge in [0.1, 0.15) is 24.0 Å². The maximum Gasteiger partial charge on any atom is 0.162 e. The average Bonchev–Trinajstić information content (AvgIpc) is 2.78. The zero-order chi connectivity index (χ0) is 20.1. The lowest BCUT2D eigenvalue weighted by Crippen LogP contribution is -2.26. The van der Waals surface area contributed by atoms with Gasteiger partial charge in [-0.1, -0.05) is 12.1 Å². The van der Waals surface area contributed by atoms with Gasteiger partial charge in [0.25, 0.3) is 0 Å². The Morgan fingerprint density at radius 3 is 2.52 bits per heavy atom. The number of hydrogen-bond acceptors (Lipinski definition) is 7. The highest BCUT2D eigenvalue weighted by Crippen LogP contribution is 2.35. The zero-order valence-electron chi connectivity index (χ0n) is 16.7. The SMILES string of the molecule is COc1ccc(CNc2ncnc3cc(OC)c(OC4CCOCC4)cc23)cc1. The van der Waals surface area contributed by atoms with Crippen molar-refractivity contribution in [2.24, 2.45) is 0 Å². The second-order valence-electron chi connectivity index (χ2n) is 6.87. The molecule has 0 aliphatic carbocycles. The number of aromatic nitrogens is 2. The van der Waals surface area contributed by atoms with Crippen LogP contribution in [0.2, 0.25) is 0 Å². The normalized spacial score (nSPS) is 14.6. The van der Waals surface area contributed by atoms with Crippen molar-refractivity contribution in [1.82, 2.24) is 9.97 Å². The molecule has 3 aromatic rings. The van der Waals surface area contributed by atoms with E-state index in [1.807, 2.05) is 36.4 Å². The standard InChI is InChI=1S/C22H25N3O4/c1-26-16-5-3-15(4-6-16)13-23-22-18-11-21(29-17-7-9-28-10-8-17)20(27-2)12-19(18)24-14-25-22/h3-6,11-12,14,17H,7-10,13H2,1-2H3,(H,23,24,25). The summed E-state index contributed by atoms with van der Waals surface area (Å²) in [5.41, 5.74) is 1.93. The first-order valence-electron chi connectivity index (χ1n) is 9.71. The minimum absolute atomic E-state index is 0.121. The molecule has 2 aromatic carbocycles. The van der Waals surface area contributed by atoms with Gasteiger partial charge in [0, 0.05) is 30.8 Å². The Morgan fingerprint density at radius 1 is 1.00 bits per heavy atom. The fourth-order valence-corrected chi connectivity index (χ4v) is 3.36. The third-order valence-corrected chi connectivity index (χ3v) is 5.00. The lowest BCUT2D eigenvalue weighted by Gasteiger charge is -2.24. The molecule has 0 bridgehead atoms. The van der Waals surface area contributed by atoms with E-state index < -0.39 is 0 Å². The van der Waals surface area contributed by atoms with Gasteiger partial charge in [-0.05, 0) is 23.8 Å². The second kappa shape index (κ2) is 8.96. The van der Waals surface area contributed by atoms with Crippen LogP contribution in [0.5, 0.6) is 17.2 Å². The molecule has 0 atom stereocenters. The van der Waals surface area contributed by atoms with Crippen LogP contribution in [0.1, 0.15) is 18.4 Å². The summed E-state index contributed by atoms with van der Waals surface area (Å²) in [4.78, 5) is 8.83. The number of fused-ring (bicyclic) bond motifs is 1. The largest absolute Gasteiger partial charge is 0.497 e. The third-order valence-electron chi connectivity index (χ3n) is 5.00. The van der Waals surface area contributed by atoms with Crippen LogP contribution < -0.4 is 19.5 Å². The summed E-state index contributed by atoms with van der Waals surface area (Å²) in [6, 6.07) is 11.8. The molecule has 1 aromatic heterocycles. The summed E-state index contributed by atoms with van der Waals surface area (Å²) in [6.07, 6.45) is 3.41. The van der Waals surface area contributed by atoms with Crippen LogP contribution in [0.3, 0.4) is 0 Å². The third kappa shape index (κ3) is 4.51. The summed E-state index contributed by atoms with van der Waals surface area (Å²) in [5.74, 6) is 2.96. The highest BCUT2D eigenvalue weighted by atomic mass is 16.5. The van der Waals surface area contributed by atoms with Crippen LogP contribution in [0, 0.1) is 0 Å². The first kappa shape index (κ1) is 19.3. The number of hydrogen-bond donors (Lipinski definition) is 1.